The highest BCUT2D eigenvalue weighted by molar-refractivity contribution is 6.36. The second kappa shape index (κ2) is 5.73. The molecule has 0 atom stereocenters. The van der Waals surface area contributed by atoms with E-state index >= 15 is 0 Å². The summed E-state index contributed by atoms with van der Waals surface area (Å²) in [6, 6.07) is 3.64. The number of ether oxygens (including phenoxy) is 1. The van der Waals surface area contributed by atoms with Crippen LogP contribution < -0.4 is 4.74 Å². The molecular weight excluding hydrogens is 242 g/mol. The molecule has 0 radical (unpaired) electrons. The molecule has 15 heavy (non-hydrogen) atoms. The standard InChI is InChI=1S/C10H7Cl2FO2/c11-4-8(12)6-15-10-2-1-9(13)3-7(10)5-14/h1-5H,6H2/b8-4-. The summed E-state index contributed by atoms with van der Waals surface area (Å²) in [4.78, 5) is 10.6. The molecule has 0 heterocycles. The van der Waals surface area contributed by atoms with E-state index in [1.807, 2.05) is 0 Å². The lowest BCUT2D eigenvalue weighted by molar-refractivity contribution is 0.111. The summed E-state index contributed by atoms with van der Waals surface area (Å²) in [6.07, 6.45) is 0.511. The predicted octanol–water partition coefficient (Wildman–Crippen LogP) is 3.34. The Kier molecular flexibility index (Phi) is 4.59. The van der Waals surface area contributed by atoms with Gasteiger partial charge in [0.05, 0.1) is 10.6 Å². The first-order chi connectivity index (χ1) is 7.17. The Balaban J connectivity index is 2.80. The molecular formula is C10H7Cl2FO2. The quantitative estimate of drug-likeness (QED) is 0.765. The molecule has 0 saturated heterocycles. The average Bonchev–Trinajstić information content (AvgIpc) is 2.26. The topological polar surface area (TPSA) is 26.3 Å². The molecule has 0 aromatic heterocycles. The minimum atomic E-state index is -0.497. The van der Waals surface area contributed by atoms with Crippen LogP contribution >= 0.6 is 23.2 Å². The highest BCUT2D eigenvalue weighted by atomic mass is 35.5. The fraction of sp³-hybridized carbons (Fsp3) is 0.100. The Labute approximate surface area is 96.2 Å². The number of carbonyl (C=O) groups excluding carboxylic acids is 1. The lowest BCUT2D eigenvalue weighted by Gasteiger charge is -2.06. The van der Waals surface area contributed by atoms with Gasteiger partial charge in [-0.1, -0.05) is 23.2 Å². The van der Waals surface area contributed by atoms with E-state index in [2.05, 4.69) is 0 Å². The van der Waals surface area contributed by atoms with Gasteiger partial charge in [-0.15, -0.1) is 0 Å². The molecule has 0 saturated carbocycles. The summed E-state index contributed by atoms with van der Waals surface area (Å²) in [5.41, 5.74) is 1.29. The van der Waals surface area contributed by atoms with E-state index in [9.17, 15) is 9.18 Å². The fourth-order valence-electron chi connectivity index (χ4n) is 0.921. The van der Waals surface area contributed by atoms with Crippen LogP contribution in [0.15, 0.2) is 28.8 Å². The number of carbonyl (C=O) groups is 1. The summed E-state index contributed by atoms with van der Waals surface area (Å²) in [5.74, 6) is -0.230. The highest BCUT2D eigenvalue weighted by Crippen LogP contribution is 2.19. The van der Waals surface area contributed by atoms with E-state index in [-0.39, 0.29) is 23.0 Å². The van der Waals surface area contributed by atoms with E-state index in [4.69, 9.17) is 27.9 Å². The molecule has 0 N–H and O–H groups in total. The van der Waals surface area contributed by atoms with Gasteiger partial charge in [0.1, 0.15) is 18.2 Å². The van der Waals surface area contributed by atoms with Crippen LogP contribution in [0.3, 0.4) is 0 Å². The summed E-state index contributed by atoms with van der Waals surface area (Å²) in [6.45, 7) is 0.0392. The summed E-state index contributed by atoms with van der Waals surface area (Å²) in [5, 5.41) is 0.290. The van der Waals surface area contributed by atoms with Crippen molar-refractivity contribution in [2.45, 2.75) is 0 Å². The van der Waals surface area contributed by atoms with Gasteiger partial charge in [0.15, 0.2) is 6.29 Å². The number of hydrogen-bond donors (Lipinski definition) is 0. The zero-order valence-corrected chi connectivity index (χ0v) is 9.06. The summed E-state index contributed by atoms with van der Waals surface area (Å²) >= 11 is 10.9. The van der Waals surface area contributed by atoms with Gasteiger partial charge in [-0.2, -0.15) is 0 Å². The Morgan fingerprint density at radius 1 is 1.53 bits per heavy atom. The van der Waals surface area contributed by atoms with E-state index < -0.39 is 5.82 Å². The highest BCUT2D eigenvalue weighted by Gasteiger charge is 2.04. The molecule has 0 amide bonds. The minimum Gasteiger partial charge on any atom is -0.487 e. The van der Waals surface area contributed by atoms with Gasteiger partial charge >= 0.3 is 0 Å². The first-order valence-electron chi connectivity index (χ1n) is 3.99. The maximum absolute atomic E-state index is 12.7. The maximum Gasteiger partial charge on any atom is 0.153 e. The van der Waals surface area contributed by atoms with E-state index in [1.54, 1.807) is 0 Å². The van der Waals surface area contributed by atoms with Crippen molar-refractivity contribution in [3.8, 4) is 5.75 Å². The van der Waals surface area contributed by atoms with Crippen molar-refractivity contribution >= 4 is 29.5 Å². The molecule has 0 fully saturated rings. The van der Waals surface area contributed by atoms with Gasteiger partial charge in [-0.05, 0) is 18.2 Å². The lowest BCUT2D eigenvalue weighted by Crippen LogP contribution is -2.00. The average molecular weight is 249 g/mol. The van der Waals surface area contributed by atoms with Gasteiger partial charge in [0, 0.05) is 5.54 Å². The third-order valence-corrected chi connectivity index (χ3v) is 2.18. The van der Waals surface area contributed by atoms with Crippen LogP contribution in [-0.2, 0) is 0 Å². The molecule has 1 aromatic carbocycles. The monoisotopic (exact) mass is 248 g/mol. The van der Waals surface area contributed by atoms with E-state index in [0.29, 0.717) is 6.29 Å². The van der Waals surface area contributed by atoms with Crippen molar-refractivity contribution in [2.75, 3.05) is 6.61 Å². The van der Waals surface area contributed by atoms with Crippen LogP contribution in [0, 0.1) is 5.82 Å². The second-order valence-corrected chi connectivity index (χ2v) is 3.35. The largest absolute Gasteiger partial charge is 0.487 e. The molecule has 0 bridgehead atoms. The SMILES string of the molecule is O=Cc1cc(F)ccc1OC/C(Cl)=C/Cl. The third-order valence-electron chi connectivity index (χ3n) is 1.58. The number of benzene rings is 1. The van der Waals surface area contributed by atoms with Crippen LogP contribution in [-0.4, -0.2) is 12.9 Å². The zero-order chi connectivity index (χ0) is 11.3. The lowest BCUT2D eigenvalue weighted by atomic mass is 10.2. The zero-order valence-electron chi connectivity index (χ0n) is 7.54. The Hall–Kier alpha value is -1.06. The van der Waals surface area contributed by atoms with Gasteiger partial charge in [0.25, 0.3) is 0 Å². The van der Waals surface area contributed by atoms with Crippen LogP contribution in [0.1, 0.15) is 10.4 Å². The molecule has 0 spiro atoms. The number of hydrogen-bond acceptors (Lipinski definition) is 2. The van der Waals surface area contributed by atoms with Crippen molar-refractivity contribution in [1.29, 1.82) is 0 Å². The third kappa shape index (κ3) is 3.53. The van der Waals surface area contributed by atoms with Gasteiger partial charge in [0.2, 0.25) is 0 Å². The predicted molar refractivity (Wildman–Crippen MR) is 57.1 cm³/mol. The van der Waals surface area contributed by atoms with E-state index in [0.717, 1.165) is 11.6 Å². The van der Waals surface area contributed by atoms with Crippen molar-refractivity contribution in [3.63, 3.8) is 0 Å². The smallest absolute Gasteiger partial charge is 0.153 e. The summed E-state index contributed by atoms with van der Waals surface area (Å²) < 4.78 is 17.9. The molecule has 1 rings (SSSR count). The second-order valence-electron chi connectivity index (χ2n) is 2.64. The van der Waals surface area contributed by atoms with Crippen molar-refractivity contribution in [3.05, 3.63) is 40.1 Å². The van der Waals surface area contributed by atoms with Gasteiger partial charge < -0.3 is 4.74 Å². The Morgan fingerprint density at radius 2 is 2.27 bits per heavy atom. The molecule has 0 aliphatic rings. The number of rotatable bonds is 4. The van der Waals surface area contributed by atoms with Gasteiger partial charge in [-0.3, -0.25) is 4.79 Å². The molecule has 1 aromatic rings. The summed E-state index contributed by atoms with van der Waals surface area (Å²) in [7, 11) is 0. The number of halogens is 3. The van der Waals surface area contributed by atoms with Crippen LogP contribution in [0.2, 0.25) is 0 Å². The molecule has 0 aliphatic heterocycles. The van der Waals surface area contributed by atoms with Gasteiger partial charge in [-0.25, -0.2) is 4.39 Å². The molecule has 5 heteroatoms. The first-order valence-corrected chi connectivity index (χ1v) is 4.81. The Morgan fingerprint density at radius 3 is 2.87 bits per heavy atom. The first kappa shape index (κ1) is 12.0. The van der Waals surface area contributed by atoms with Crippen LogP contribution in [0.5, 0.6) is 5.75 Å². The van der Waals surface area contributed by atoms with Crippen molar-refractivity contribution in [2.24, 2.45) is 0 Å². The van der Waals surface area contributed by atoms with Crippen molar-refractivity contribution in [1.82, 2.24) is 0 Å². The molecule has 0 unspecified atom stereocenters. The number of aldehydes is 1. The normalized spacial score (nSPS) is 11.3. The fourth-order valence-corrected chi connectivity index (χ4v) is 1.04. The van der Waals surface area contributed by atoms with Crippen LogP contribution in [0.25, 0.3) is 0 Å². The van der Waals surface area contributed by atoms with Crippen LogP contribution in [0.4, 0.5) is 4.39 Å². The molecule has 80 valence electrons. The molecule has 2 nitrogen and oxygen atoms in total. The minimum absolute atomic E-state index is 0.0392. The van der Waals surface area contributed by atoms with E-state index in [1.165, 1.54) is 12.1 Å². The van der Waals surface area contributed by atoms with Crippen molar-refractivity contribution < 1.29 is 13.9 Å². The molecule has 0 aliphatic carbocycles. The Bertz CT molecular complexity index is 391. The maximum atomic E-state index is 12.7.